The maximum atomic E-state index is 11.7. The molecule has 1 aliphatic carbocycles. The molecule has 2 heterocycles. The van der Waals surface area contributed by atoms with Crippen LogP contribution in [0.4, 0.5) is 0 Å². The Morgan fingerprint density at radius 2 is 1.70 bits per heavy atom. The number of nitrogens with zero attached hydrogens (tertiary/aromatic N) is 3. The fourth-order valence-corrected chi connectivity index (χ4v) is 3.90. The average Bonchev–Trinajstić information content (AvgIpc) is 3.55. The second-order valence-electron chi connectivity index (χ2n) is 9.30. The summed E-state index contributed by atoms with van der Waals surface area (Å²) in [6.45, 7) is 13.5. The van der Waals surface area contributed by atoms with E-state index in [4.69, 9.17) is 6.57 Å². The van der Waals surface area contributed by atoms with Crippen LogP contribution in [-0.4, -0.2) is 15.1 Å². The Bertz CT molecular complexity index is 1060. The monoisotopic (exact) mass is 397 g/mol. The summed E-state index contributed by atoms with van der Waals surface area (Å²) in [7, 11) is 0. The van der Waals surface area contributed by atoms with Gasteiger partial charge in [-0.25, -0.2) is 6.57 Å². The number of hydrogen-bond donors (Lipinski definition) is 1. The van der Waals surface area contributed by atoms with Gasteiger partial charge >= 0.3 is 0 Å². The molecule has 0 bridgehead atoms. The maximum absolute atomic E-state index is 11.7. The SMILES string of the molecule is [C-]#[N+]C1(c2ccc(-c3ccc(C(O)(Cc4cccnc4)C(C)(C)C)nc3)cc2)CC1. The Labute approximate surface area is 178 Å². The zero-order valence-electron chi connectivity index (χ0n) is 17.8. The van der Waals surface area contributed by atoms with Crippen molar-refractivity contribution in [2.45, 2.75) is 51.2 Å². The van der Waals surface area contributed by atoms with Crippen LogP contribution >= 0.6 is 0 Å². The van der Waals surface area contributed by atoms with E-state index in [9.17, 15) is 5.11 Å². The molecule has 1 N–H and O–H groups in total. The van der Waals surface area contributed by atoms with Gasteiger partial charge in [0.25, 0.3) is 5.54 Å². The summed E-state index contributed by atoms with van der Waals surface area (Å²) in [6.07, 6.45) is 7.71. The van der Waals surface area contributed by atoms with Crippen molar-refractivity contribution in [3.05, 3.63) is 95.4 Å². The van der Waals surface area contributed by atoms with Gasteiger partial charge in [-0.1, -0.05) is 57.2 Å². The van der Waals surface area contributed by atoms with E-state index in [0.717, 1.165) is 35.1 Å². The van der Waals surface area contributed by atoms with Crippen molar-refractivity contribution in [1.82, 2.24) is 9.97 Å². The molecule has 0 spiro atoms. The Hall–Kier alpha value is -3.03. The number of aliphatic hydroxyl groups is 1. The minimum atomic E-state index is -1.12. The molecule has 3 aromatic rings. The Morgan fingerprint density at radius 3 is 2.20 bits per heavy atom. The van der Waals surface area contributed by atoms with Gasteiger partial charge < -0.3 is 9.95 Å². The van der Waals surface area contributed by atoms with Crippen molar-refractivity contribution in [3.8, 4) is 11.1 Å². The van der Waals surface area contributed by atoms with E-state index in [1.54, 1.807) is 12.4 Å². The van der Waals surface area contributed by atoms with E-state index in [1.807, 2.05) is 51.2 Å². The van der Waals surface area contributed by atoms with Crippen LogP contribution < -0.4 is 0 Å². The topological polar surface area (TPSA) is 50.4 Å². The summed E-state index contributed by atoms with van der Waals surface area (Å²) in [4.78, 5) is 12.7. The zero-order valence-corrected chi connectivity index (χ0v) is 17.8. The molecule has 30 heavy (non-hydrogen) atoms. The van der Waals surface area contributed by atoms with Gasteiger partial charge in [0, 0.05) is 49.0 Å². The molecule has 4 rings (SSSR count). The Kier molecular flexibility index (Phi) is 4.95. The Balaban J connectivity index is 1.62. The third kappa shape index (κ3) is 3.62. The van der Waals surface area contributed by atoms with Crippen molar-refractivity contribution in [1.29, 1.82) is 0 Å². The van der Waals surface area contributed by atoms with Gasteiger partial charge in [0.05, 0.1) is 5.69 Å². The molecule has 4 nitrogen and oxygen atoms in total. The van der Waals surface area contributed by atoms with Gasteiger partial charge in [-0.3, -0.25) is 9.97 Å². The van der Waals surface area contributed by atoms with E-state index in [2.05, 4.69) is 39.1 Å². The van der Waals surface area contributed by atoms with E-state index in [-0.39, 0.29) is 5.54 Å². The molecule has 1 saturated carbocycles. The third-order valence-corrected chi connectivity index (χ3v) is 6.30. The molecule has 1 unspecified atom stereocenters. The summed E-state index contributed by atoms with van der Waals surface area (Å²) < 4.78 is 0. The van der Waals surface area contributed by atoms with E-state index in [0.29, 0.717) is 12.1 Å². The molecule has 0 radical (unpaired) electrons. The van der Waals surface area contributed by atoms with Crippen molar-refractivity contribution >= 4 is 0 Å². The summed E-state index contributed by atoms with van der Waals surface area (Å²) in [5.74, 6) is 0. The van der Waals surface area contributed by atoms with Gasteiger partial charge in [0.1, 0.15) is 5.60 Å². The smallest absolute Gasteiger partial charge is 0.258 e. The first-order valence-corrected chi connectivity index (χ1v) is 10.3. The molecule has 1 fully saturated rings. The molecule has 0 saturated heterocycles. The van der Waals surface area contributed by atoms with Crippen molar-refractivity contribution < 1.29 is 5.11 Å². The van der Waals surface area contributed by atoms with E-state index in [1.165, 1.54) is 0 Å². The predicted molar refractivity (Wildman–Crippen MR) is 118 cm³/mol. The van der Waals surface area contributed by atoms with Crippen LogP contribution in [0.25, 0.3) is 16.0 Å². The van der Waals surface area contributed by atoms with Gasteiger partial charge in [-0.05, 0) is 28.7 Å². The molecule has 2 aromatic heterocycles. The second kappa shape index (κ2) is 7.34. The van der Waals surface area contributed by atoms with Gasteiger partial charge in [0.2, 0.25) is 0 Å². The molecular formula is C26H27N3O. The highest BCUT2D eigenvalue weighted by atomic mass is 16.3. The van der Waals surface area contributed by atoms with Gasteiger partial charge in [0.15, 0.2) is 0 Å². The number of hydrogen-bond acceptors (Lipinski definition) is 3. The molecule has 1 aromatic carbocycles. The summed E-state index contributed by atoms with van der Waals surface area (Å²) >= 11 is 0. The standard InChI is InChI=1S/C26H27N3O/c1-24(2,3)26(30,16-19-6-5-15-28-17-19)23-12-9-21(18-29-23)20-7-10-22(11-8-20)25(27-4)13-14-25/h5-12,15,17-18,30H,13-14,16H2,1-3H3. The largest absolute Gasteiger partial charge is 0.383 e. The first kappa shape index (κ1) is 20.3. The number of pyridine rings is 2. The zero-order chi connectivity index (χ0) is 21.4. The minimum Gasteiger partial charge on any atom is -0.383 e. The fourth-order valence-electron chi connectivity index (χ4n) is 3.90. The third-order valence-electron chi connectivity index (χ3n) is 6.30. The summed E-state index contributed by atoms with van der Waals surface area (Å²) in [5.41, 5.74) is 2.99. The summed E-state index contributed by atoms with van der Waals surface area (Å²) in [5, 5.41) is 11.7. The van der Waals surface area contributed by atoms with Crippen molar-refractivity contribution in [2.75, 3.05) is 0 Å². The molecular weight excluding hydrogens is 370 g/mol. The van der Waals surface area contributed by atoms with Crippen LogP contribution in [0.15, 0.2) is 67.1 Å². The molecule has 1 aliphatic rings. The lowest BCUT2D eigenvalue weighted by molar-refractivity contribution is -0.0675. The first-order valence-electron chi connectivity index (χ1n) is 10.3. The maximum Gasteiger partial charge on any atom is 0.258 e. The van der Waals surface area contributed by atoms with Crippen LogP contribution in [0.5, 0.6) is 0 Å². The van der Waals surface area contributed by atoms with E-state index >= 15 is 0 Å². The van der Waals surface area contributed by atoms with Gasteiger partial charge in [-0.15, -0.1) is 0 Å². The minimum absolute atomic E-state index is 0.282. The molecule has 0 amide bonds. The molecule has 152 valence electrons. The lowest BCUT2D eigenvalue weighted by atomic mass is 9.71. The van der Waals surface area contributed by atoms with Crippen LogP contribution in [0, 0.1) is 12.0 Å². The van der Waals surface area contributed by atoms with Crippen LogP contribution in [0.3, 0.4) is 0 Å². The number of benzene rings is 1. The molecule has 4 heteroatoms. The predicted octanol–water partition coefficient (Wildman–Crippen LogP) is 5.53. The van der Waals surface area contributed by atoms with Crippen molar-refractivity contribution in [3.63, 3.8) is 0 Å². The average molecular weight is 398 g/mol. The highest BCUT2D eigenvalue weighted by Gasteiger charge is 2.52. The molecule has 1 atom stereocenters. The van der Waals surface area contributed by atoms with Crippen LogP contribution in [-0.2, 0) is 17.6 Å². The molecule has 0 aliphatic heterocycles. The fraction of sp³-hybridized carbons (Fsp3) is 0.346. The van der Waals surface area contributed by atoms with E-state index < -0.39 is 11.0 Å². The van der Waals surface area contributed by atoms with Gasteiger partial charge in [-0.2, -0.15) is 0 Å². The Morgan fingerprint density at radius 1 is 1.00 bits per heavy atom. The van der Waals surface area contributed by atoms with Crippen molar-refractivity contribution in [2.24, 2.45) is 5.41 Å². The van der Waals surface area contributed by atoms with Crippen LogP contribution in [0.1, 0.15) is 50.4 Å². The second-order valence-corrected chi connectivity index (χ2v) is 9.30. The highest BCUT2D eigenvalue weighted by Crippen LogP contribution is 2.49. The first-order chi connectivity index (χ1) is 14.3. The number of rotatable bonds is 5. The van der Waals surface area contributed by atoms with Crippen LogP contribution in [0.2, 0.25) is 0 Å². The quantitative estimate of drug-likeness (QED) is 0.576. The lowest BCUT2D eigenvalue weighted by Gasteiger charge is -2.40. The summed E-state index contributed by atoms with van der Waals surface area (Å²) in [6, 6.07) is 16.0. The lowest BCUT2D eigenvalue weighted by Crippen LogP contribution is -2.42. The number of aromatic nitrogens is 2. The normalized spacial score (nSPS) is 17.0. The highest BCUT2D eigenvalue weighted by molar-refractivity contribution is 5.63.